The number of alkyl halides is 3. The predicted octanol–water partition coefficient (Wildman–Crippen LogP) is 6.43. The molecule has 13 heteroatoms. The van der Waals surface area contributed by atoms with Crippen molar-refractivity contribution in [1.82, 2.24) is 24.9 Å². The highest BCUT2D eigenvalue weighted by atomic mass is 19.4. The summed E-state index contributed by atoms with van der Waals surface area (Å²) in [5.41, 5.74) is 1.02. The van der Waals surface area contributed by atoms with Crippen LogP contribution in [-0.4, -0.2) is 100 Å². The summed E-state index contributed by atoms with van der Waals surface area (Å²) < 4.78 is 46.0. The highest BCUT2D eigenvalue weighted by Crippen LogP contribution is 2.39. The van der Waals surface area contributed by atoms with E-state index >= 15 is 0 Å². The molecule has 4 atom stereocenters. The fourth-order valence-electron chi connectivity index (χ4n) is 8.55. The van der Waals surface area contributed by atoms with Crippen molar-refractivity contribution >= 4 is 29.9 Å². The largest absolute Gasteiger partial charge is 0.447 e. The van der Waals surface area contributed by atoms with Gasteiger partial charge in [0.2, 0.25) is 17.7 Å². The number of carbonyl (C=O) groups excluding carboxylic acids is 4. The van der Waals surface area contributed by atoms with Gasteiger partial charge in [0.15, 0.2) is 0 Å². The zero-order valence-electron chi connectivity index (χ0n) is 31.3. The van der Waals surface area contributed by atoms with E-state index in [9.17, 15) is 32.3 Å². The lowest BCUT2D eigenvalue weighted by molar-refractivity contribution is -0.163. The minimum Gasteiger partial charge on any atom is -0.447 e. The van der Waals surface area contributed by atoms with Crippen LogP contribution in [0.25, 0.3) is 6.08 Å². The summed E-state index contributed by atoms with van der Waals surface area (Å²) >= 11 is 0. The van der Waals surface area contributed by atoms with Gasteiger partial charge in [0.1, 0.15) is 18.7 Å². The monoisotopic (exact) mass is 771 g/mol. The molecule has 56 heavy (non-hydrogen) atoms. The molecule has 3 aromatic rings. The summed E-state index contributed by atoms with van der Waals surface area (Å²) in [7, 11) is 0. The maximum Gasteiger partial charge on any atom is 0.416 e. The van der Waals surface area contributed by atoms with Crippen LogP contribution < -0.4 is 5.32 Å². The average molecular weight is 772 g/mol. The van der Waals surface area contributed by atoms with Gasteiger partial charge < -0.3 is 24.8 Å². The lowest BCUT2D eigenvalue weighted by atomic mass is 9.87. The maximum absolute atomic E-state index is 14.4. The van der Waals surface area contributed by atoms with Gasteiger partial charge in [0.05, 0.1) is 17.6 Å². The molecule has 0 unspecified atom stereocenters. The van der Waals surface area contributed by atoms with Gasteiger partial charge in [-0.25, -0.2) is 4.79 Å². The third-order valence-corrected chi connectivity index (χ3v) is 11.5. The van der Waals surface area contributed by atoms with Crippen molar-refractivity contribution in [2.45, 2.75) is 87.9 Å². The predicted molar refractivity (Wildman–Crippen MR) is 204 cm³/mol. The Hall–Kier alpha value is -5.17. The molecule has 296 valence electrons. The number of hydrogen-bond acceptors (Lipinski definition) is 6. The fourth-order valence-corrected chi connectivity index (χ4v) is 8.55. The number of likely N-dealkylation sites (tertiary alicyclic amines) is 3. The number of ether oxygens (including phenoxy) is 1. The molecule has 4 amide bonds. The van der Waals surface area contributed by atoms with E-state index in [0.717, 1.165) is 49.2 Å². The third-order valence-electron chi connectivity index (χ3n) is 11.5. The number of β-lactam (4-membered cyclic amide) rings is 1. The number of nitrogens with one attached hydrogen (secondary N) is 1. The van der Waals surface area contributed by atoms with Gasteiger partial charge in [-0.3, -0.25) is 19.3 Å². The van der Waals surface area contributed by atoms with Crippen molar-refractivity contribution < 1.29 is 37.1 Å². The van der Waals surface area contributed by atoms with Crippen LogP contribution in [0.4, 0.5) is 18.0 Å². The van der Waals surface area contributed by atoms with Gasteiger partial charge in [0, 0.05) is 32.1 Å². The molecule has 0 saturated carbocycles. The lowest BCUT2D eigenvalue weighted by Gasteiger charge is -2.52. The first-order valence-electron chi connectivity index (χ1n) is 19.6. The molecule has 4 saturated heterocycles. The van der Waals surface area contributed by atoms with E-state index in [1.54, 1.807) is 6.08 Å². The summed E-state index contributed by atoms with van der Waals surface area (Å²) in [6.07, 6.45) is 3.76. The highest BCUT2D eigenvalue weighted by molar-refractivity contribution is 5.98. The number of hydrogen-bond donors (Lipinski definition) is 1. The summed E-state index contributed by atoms with van der Waals surface area (Å²) in [5, 5.41) is 2.76. The van der Waals surface area contributed by atoms with Crippen molar-refractivity contribution in [3.8, 4) is 0 Å². The van der Waals surface area contributed by atoms with Gasteiger partial charge in [0.25, 0.3) is 0 Å². The van der Waals surface area contributed by atoms with Gasteiger partial charge in [-0.1, -0.05) is 91.4 Å². The van der Waals surface area contributed by atoms with Gasteiger partial charge in [-0.15, -0.1) is 0 Å². The molecule has 0 bridgehead atoms. The number of benzene rings is 3. The Morgan fingerprint density at radius 3 is 2.27 bits per heavy atom. The van der Waals surface area contributed by atoms with E-state index < -0.39 is 53.8 Å². The standard InChI is InChI=1S/C43H48F3N5O5/c44-43(45,46)33-16-10-13-31(27-33)28-47-40(53)36(19-20-38(52)49-25-21-34(22-26-49)48-23-8-3-9-24-48)50-35(18-17-30-11-4-1-5-12-30)39(41(50)54)51-37(29-56-42(51)55)32-14-6-2-7-15-32/h1-2,4-7,10-18,27,34-37,39H,3,8-9,19-26,28-29H2,(H,47,53)/b18-17+/t35-,36+,37-,39+/m1/s1. The van der Waals surface area contributed by atoms with Crippen molar-refractivity contribution in [2.75, 3.05) is 32.8 Å². The number of halogens is 3. The first-order chi connectivity index (χ1) is 27.1. The van der Waals surface area contributed by atoms with E-state index in [4.69, 9.17) is 4.74 Å². The van der Waals surface area contributed by atoms with Crippen molar-refractivity contribution in [3.05, 3.63) is 113 Å². The zero-order valence-corrected chi connectivity index (χ0v) is 31.3. The first kappa shape index (κ1) is 39.1. The average Bonchev–Trinajstić information content (AvgIpc) is 3.60. The van der Waals surface area contributed by atoms with Crippen LogP contribution in [0.15, 0.2) is 91.0 Å². The highest BCUT2D eigenvalue weighted by Gasteiger charge is 2.58. The molecule has 0 radical (unpaired) electrons. The molecule has 4 aliphatic heterocycles. The second-order valence-corrected chi connectivity index (χ2v) is 15.0. The van der Waals surface area contributed by atoms with Crippen LogP contribution in [-0.2, 0) is 31.8 Å². The SMILES string of the molecule is O=C(NCc1cccc(C(F)(F)F)c1)[C@H](CCC(=O)N1CCC(N2CCCCC2)CC1)N1C(=O)[C@@H](N2C(=O)OC[C@@H]2c2ccccc2)[C@H]1/C=C/c1ccccc1. The van der Waals surface area contributed by atoms with Crippen LogP contribution in [0, 0.1) is 0 Å². The van der Waals surface area contributed by atoms with Crippen LogP contribution in [0.5, 0.6) is 0 Å². The molecule has 3 aromatic carbocycles. The number of piperidine rings is 2. The maximum atomic E-state index is 14.4. The molecule has 10 nitrogen and oxygen atoms in total. The first-order valence-corrected chi connectivity index (χ1v) is 19.6. The van der Waals surface area contributed by atoms with E-state index in [-0.39, 0.29) is 37.5 Å². The molecule has 0 aromatic heterocycles. The third kappa shape index (κ3) is 8.77. The molecule has 0 aliphatic carbocycles. The second kappa shape index (κ2) is 17.3. The van der Waals surface area contributed by atoms with E-state index in [0.29, 0.717) is 19.1 Å². The van der Waals surface area contributed by atoms with Gasteiger partial charge >= 0.3 is 12.3 Å². The molecule has 7 rings (SSSR count). The molecule has 4 heterocycles. The molecule has 0 spiro atoms. The minimum atomic E-state index is -4.56. The Kier molecular flexibility index (Phi) is 12.1. The van der Waals surface area contributed by atoms with E-state index in [1.807, 2.05) is 71.6 Å². The van der Waals surface area contributed by atoms with E-state index in [1.165, 1.54) is 41.2 Å². The number of carbonyl (C=O) groups is 4. The summed E-state index contributed by atoms with van der Waals surface area (Å²) in [4.78, 5) is 62.9. The van der Waals surface area contributed by atoms with Crippen LogP contribution in [0.2, 0.25) is 0 Å². The molecule has 4 fully saturated rings. The second-order valence-electron chi connectivity index (χ2n) is 15.0. The quantitative estimate of drug-likeness (QED) is 0.213. The van der Waals surface area contributed by atoms with Crippen molar-refractivity contribution in [1.29, 1.82) is 0 Å². The number of cyclic esters (lactones) is 1. The molecule has 4 aliphatic rings. The van der Waals surface area contributed by atoms with Gasteiger partial charge in [-0.05, 0) is 74.0 Å². The Bertz CT molecular complexity index is 1880. The number of amides is 4. The number of rotatable bonds is 12. The van der Waals surface area contributed by atoms with Crippen LogP contribution >= 0.6 is 0 Å². The molecule has 1 N–H and O–H groups in total. The zero-order chi connectivity index (χ0) is 39.2. The smallest absolute Gasteiger partial charge is 0.416 e. The summed E-state index contributed by atoms with van der Waals surface area (Å²) in [5.74, 6) is -1.21. The van der Waals surface area contributed by atoms with E-state index in [2.05, 4.69) is 10.2 Å². The minimum absolute atomic E-state index is 0.0139. The van der Waals surface area contributed by atoms with Gasteiger partial charge in [-0.2, -0.15) is 13.2 Å². The normalized spacial score (nSPS) is 22.9. The van der Waals surface area contributed by atoms with Crippen LogP contribution in [0.1, 0.15) is 73.2 Å². The Morgan fingerprint density at radius 1 is 0.875 bits per heavy atom. The summed E-state index contributed by atoms with van der Waals surface area (Å²) in [6.45, 7) is 3.21. The van der Waals surface area contributed by atoms with Crippen molar-refractivity contribution in [3.63, 3.8) is 0 Å². The fraction of sp³-hybridized carbons (Fsp3) is 0.442. The Labute approximate surface area is 325 Å². The number of nitrogens with zero attached hydrogens (tertiary/aromatic N) is 4. The molecular weight excluding hydrogens is 723 g/mol. The molecular formula is C43H48F3N5O5. The van der Waals surface area contributed by atoms with Crippen molar-refractivity contribution in [2.24, 2.45) is 0 Å². The summed E-state index contributed by atoms with van der Waals surface area (Å²) in [6, 6.07) is 20.3. The topological polar surface area (TPSA) is 103 Å². The van der Waals surface area contributed by atoms with Crippen LogP contribution in [0.3, 0.4) is 0 Å². The Morgan fingerprint density at radius 2 is 1.57 bits per heavy atom. The lowest BCUT2D eigenvalue weighted by Crippen LogP contribution is -2.74. The Balaban J connectivity index is 1.14.